The number of ether oxygens (including phenoxy) is 1. The van der Waals surface area contributed by atoms with Crippen molar-refractivity contribution in [2.24, 2.45) is 5.92 Å². The van der Waals surface area contributed by atoms with Crippen LogP contribution in [0.2, 0.25) is 0 Å². The zero-order chi connectivity index (χ0) is 10.6. The van der Waals surface area contributed by atoms with Crippen molar-refractivity contribution in [3.63, 3.8) is 0 Å². The number of aliphatic hydroxyl groups is 1. The third kappa shape index (κ3) is 2.96. The van der Waals surface area contributed by atoms with Gasteiger partial charge in [-0.3, -0.25) is 4.79 Å². The molecular formula is C10H18O4. The Balaban J connectivity index is 2.36. The van der Waals surface area contributed by atoms with E-state index in [0.717, 1.165) is 0 Å². The van der Waals surface area contributed by atoms with Crippen molar-refractivity contribution < 1.29 is 19.7 Å². The highest BCUT2D eigenvalue weighted by Crippen LogP contribution is 2.32. The fourth-order valence-corrected chi connectivity index (χ4v) is 1.84. The van der Waals surface area contributed by atoms with E-state index in [0.29, 0.717) is 38.9 Å². The molecular weight excluding hydrogens is 184 g/mol. The van der Waals surface area contributed by atoms with Gasteiger partial charge >= 0.3 is 5.97 Å². The fraction of sp³-hybridized carbons (Fsp3) is 0.900. The zero-order valence-electron chi connectivity index (χ0n) is 8.53. The number of carboxylic acid groups (broad SMARTS) is 1. The van der Waals surface area contributed by atoms with Crippen LogP contribution in [0.15, 0.2) is 0 Å². The first kappa shape index (κ1) is 11.5. The van der Waals surface area contributed by atoms with Gasteiger partial charge in [0.25, 0.3) is 0 Å². The van der Waals surface area contributed by atoms with Crippen LogP contribution in [0.1, 0.15) is 32.6 Å². The lowest BCUT2D eigenvalue weighted by Crippen LogP contribution is -2.40. The number of hydrogen-bond donors (Lipinski definition) is 2. The molecule has 1 aliphatic rings. The van der Waals surface area contributed by atoms with Crippen molar-refractivity contribution in [3.05, 3.63) is 0 Å². The average molecular weight is 202 g/mol. The van der Waals surface area contributed by atoms with Crippen LogP contribution < -0.4 is 0 Å². The van der Waals surface area contributed by atoms with Gasteiger partial charge in [-0.25, -0.2) is 0 Å². The summed E-state index contributed by atoms with van der Waals surface area (Å²) in [5, 5.41) is 18.8. The van der Waals surface area contributed by atoms with Crippen molar-refractivity contribution in [2.45, 2.75) is 38.2 Å². The summed E-state index contributed by atoms with van der Waals surface area (Å²) in [6.45, 7) is 2.80. The van der Waals surface area contributed by atoms with E-state index < -0.39 is 11.6 Å². The van der Waals surface area contributed by atoms with Crippen LogP contribution in [-0.4, -0.2) is 35.0 Å². The molecule has 1 aliphatic carbocycles. The van der Waals surface area contributed by atoms with E-state index in [-0.39, 0.29) is 5.92 Å². The Morgan fingerprint density at radius 2 is 2.07 bits per heavy atom. The normalized spacial score (nSPS) is 32.9. The van der Waals surface area contributed by atoms with Crippen LogP contribution in [0.25, 0.3) is 0 Å². The fourth-order valence-electron chi connectivity index (χ4n) is 1.84. The maximum absolute atomic E-state index is 10.7. The van der Waals surface area contributed by atoms with Crippen LogP contribution >= 0.6 is 0 Å². The molecule has 0 saturated heterocycles. The second-order valence-electron chi connectivity index (χ2n) is 3.97. The molecule has 1 rings (SSSR count). The summed E-state index contributed by atoms with van der Waals surface area (Å²) in [7, 11) is 0. The van der Waals surface area contributed by atoms with Crippen molar-refractivity contribution in [2.75, 3.05) is 13.2 Å². The minimum atomic E-state index is -0.790. The molecule has 0 aromatic rings. The Labute approximate surface area is 83.9 Å². The zero-order valence-corrected chi connectivity index (χ0v) is 8.53. The smallest absolute Gasteiger partial charge is 0.306 e. The molecule has 0 atom stereocenters. The Hall–Kier alpha value is -0.610. The van der Waals surface area contributed by atoms with Crippen LogP contribution in [0.5, 0.6) is 0 Å². The lowest BCUT2D eigenvalue weighted by molar-refractivity contribution is -0.146. The minimum Gasteiger partial charge on any atom is -0.481 e. The maximum Gasteiger partial charge on any atom is 0.306 e. The molecule has 4 heteroatoms. The molecule has 0 aromatic heterocycles. The predicted molar refractivity (Wildman–Crippen MR) is 51.0 cm³/mol. The van der Waals surface area contributed by atoms with Gasteiger partial charge in [0.2, 0.25) is 0 Å². The third-order valence-electron chi connectivity index (χ3n) is 2.84. The summed E-state index contributed by atoms with van der Waals surface area (Å²) in [4.78, 5) is 10.7. The standard InChI is InChI=1S/C10H18O4/c1-2-14-7-10(13)5-3-8(4-6-10)9(11)12/h8,13H,2-7H2,1H3,(H,11,12). The van der Waals surface area contributed by atoms with Gasteiger partial charge in [-0.2, -0.15) is 0 Å². The first-order chi connectivity index (χ1) is 6.57. The minimum absolute atomic E-state index is 0.281. The van der Waals surface area contributed by atoms with Gasteiger partial charge in [0.15, 0.2) is 0 Å². The summed E-state index contributed by atoms with van der Waals surface area (Å²) in [6, 6.07) is 0. The van der Waals surface area contributed by atoms with E-state index in [1.807, 2.05) is 6.92 Å². The highest BCUT2D eigenvalue weighted by atomic mass is 16.5. The first-order valence-corrected chi connectivity index (χ1v) is 5.10. The molecule has 1 fully saturated rings. The Morgan fingerprint density at radius 1 is 1.50 bits per heavy atom. The number of aliphatic carboxylic acids is 1. The Morgan fingerprint density at radius 3 is 2.50 bits per heavy atom. The highest BCUT2D eigenvalue weighted by Gasteiger charge is 2.35. The van der Waals surface area contributed by atoms with E-state index in [9.17, 15) is 9.90 Å². The second kappa shape index (κ2) is 4.75. The van der Waals surface area contributed by atoms with Gasteiger partial charge in [-0.15, -0.1) is 0 Å². The second-order valence-corrected chi connectivity index (χ2v) is 3.97. The Bertz CT molecular complexity index is 194. The number of hydrogen-bond acceptors (Lipinski definition) is 3. The van der Waals surface area contributed by atoms with Gasteiger partial charge < -0.3 is 14.9 Å². The maximum atomic E-state index is 10.7. The van der Waals surface area contributed by atoms with Crippen LogP contribution in [-0.2, 0) is 9.53 Å². The molecule has 0 aromatic carbocycles. The third-order valence-corrected chi connectivity index (χ3v) is 2.84. The molecule has 0 radical (unpaired) electrons. The van der Waals surface area contributed by atoms with E-state index in [4.69, 9.17) is 9.84 Å². The molecule has 0 aliphatic heterocycles. The van der Waals surface area contributed by atoms with Crippen LogP contribution in [0.3, 0.4) is 0 Å². The largest absolute Gasteiger partial charge is 0.481 e. The molecule has 0 unspecified atom stereocenters. The van der Waals surface area contributed by atoms with Crippen LogP contribution in [0.4, 0.5) is 0 Å². The highest BCUT2D eigenvalue weighted by molar-refractivity contribution is 5.70. The summed E-state index contributed by atoms with van der Waals surface area (Å²) >= 11 is 0. The topological polar surface area (TPSA) is 66.8 Å². The number of carbonyl (C=O) groups is 1. The van der Waals surface area contributed by atoms with E-state index in [2.05, 4.69) is 0 Å². The van der Waals surface area contributed by atoms with Crippen molar-refractivity contribution in [1.82, 2.24) is 0 Å². The van der Waals surface area contributed by atoms with Crippen LogP contribution in [0, 0.1) is 5.92 Å². The molecule has 0 spiro atoms. The van der Waals surface area contributed by atoms with Gasteiger partial charge in [0.1, 0.15) is 0 Å². The lowest BCUT2D eigenvalue weighted by atomic mass is 9.79. The SMILES string of the molecule is CCOCC1(O)CCC(C(=O)O)CC1. The molecule has 4 nitrogen and oxygen atoms in total. The van der Waals surface area contributed by atoms with Gasteiger partial charge in [0, 0.05) is 6.61 Å². The number of rotatable bonds is 4. The summed E-state index contributed by atoms with van der Waals surface area (Å²) in [6.07, 6.45) is 2.17. The molecule has 0 bridgehead atoms. The van der Waals surface area contributed by atoms with E-state index >= 15 is 0 Å². The summed E-state index contributed by atoms with van der Waals surface area (Å²) in [5.74, 6) is -1.03. The molecule has 0 amide bonds. The van der Waals surface area contributed by atoms with Gasteiger partial charge in [0.05, 0.1) is 18.1 Å². The molecule has 2 N–H and O–H groups in total. The summed E-state index contributed by atoms with van der Waals surface area (Å²) in [5.41, 5.74) is -0.790. The number of carboxylic acids is 1. The quantitative estimate of drug-likeness (QED) is 0.714. The van der Waals surface area contributed by atoms with E-state index in [1.54, 1.807) is 0 Å². The lowest BCUT2D eigenvalue weighted by Gasteiger charge is -2.34. The Kier molecular flexibility index (Phi) is 3.89. The van der Waals surface area contributed by atoms with Crippen molar-refractivity contribution >= 4 is 5.97 Å². The van der Waals surface area contributed by atoms with Gasteiger partial charge in [-0.1, -0.05) is 0 Å². The van der Waals surface area contributed by atoms with Gasteiger partial charge in [-0.05, 0) is 32.6 Å². The monoisotopic (exact) mass is 202 g/mol. The predicted octanol–water partition coefficient (Wildman–Crippen LogP) is 1.03. The van der Waals surface area contributed by atoms with Crippen molar-refractivity contribution in [1.29, 1.82) is 0 Å². The molecule has 0 heterocycles. The molecule has 14 heavy (non-hydrogen) atoms. The average Bonchev–Trinajstić information content (AvgIpc) is 2.16. The van der Waals surface area contributed by atoms with Crippen molar-refractivity contribution in [3.8, 4) is 0 Å². The molecule has 82 valence electrons. The summed E-state index contributed by atoms with van der Waals surface area (Å²) < 4.78 is 5.17. The first-order valence-electron chi connectivity index (χ1n) is 5.10. The molecule has 1 saturated carbocycles. The van der Waals surface area contributed by atoms with E-state index in [1.165, 1.54) is 0 Å².